The van der Waals surface area contributed by atoms with Crippen LogP contribution in [0.5, 0.6) is 0 Å². The van der Waals surface area contributed by atoms with Crippen molar-refractivity contribution >= 4 is 5.69 Å². The van der Waals surface area contributed by atoms with Crippen molar-refractivity contribution in [3.8, 4) is 0 Å². The van der Waals surface area contributed by atoms with Crippen LogP contribution in [0.4, 0.5) is 10.1 Å². The second kappa shape index (κ2) is 3.47. The molecule has 2 saturated heterocycles. The number of hydrogen-bond acceptors (Lipinski definition) is 3. The van der Waals surface area contributed by atoms with E-state index in [9.17, 15) is 4.39 Å². The summed E-state index contributed by atoms with van der Waals surface area (Å²) in [7, 11) is 0. The molecule has 1 aromatic carbocycles. The summed E-state index contributed by atoms with van der Waals surface area (Å²) < 4.78 is 13.0. The number of hydrogen-bond donors (Lipinski definition) is 1. The highest BCUT2D eigenvalue weighted by Gasteiger charge is 2.37. The molecule has 2 aliphatic rings. The normalized spacial score (nSPS) is 29.5. The Morgan fingerprint density at radius 1 is 1.40 bits per heavy atom. The van der Waals surface area contributed by atoms with E-state index in [1.807, 2.05) is 6.07 Å². The van der Waals surface area contributed by atoms with Gasteiger partial charge in [0.15, 0.2) is 0 Å². The molecule has 3 nitrogen and oxygen atoms in total. The molecule has 0 spiro atoms. The van der Waals surface area contributed by atoms with Gasteiger partial charge in [-0.15, -0.1) is 0 Å². The second-order valence-electron chi connectivity index (χ2n) is 4.18. The molecule has 15 heavy (non-hydrogen) atoms. The number of anilines is 1. The Morgan fingerprint density at radius 2 is 2.33 bits per heavy atom. The molecular formula is C11H13FN2O. The van der Waals surface area contributed by atoms with Crippen LogP contribution < -0.4 is 10.4 Å². The first-order valence-corrected chi connectivity index (χ1v) is 5.21. The molecule has 0 amide bonds. The number of benzene rings is 1. The van der Waals surface area contributed by atoms with Crippen molar-refractivity contribution in [1.82, 2.24) is 5.48 Å². The maximum absolute atomic E-state index is 13.0. The van der Waals surface area contributed by atoms with Crippen molar-refractivity contribution < 1.29 is 9.23 Å². The summed E-state index contributed by atoms with van der Waals surface area (Å²) in [5, 5.41) is 0. The van der Waals surface area contributed by atoms with Crippen LogP contribution in [0.25, 0.3) is 0 Å². The molecule has 3 rings (SSSR count). The predicted octanol–water partition coefficient (Wildman–Crippen LogP) is 1.17. The zero-order chi connectivity index (χ0) is 10.3. The van der Waals surface area contributed by atoms with E-state index in [-0.39, 0.29) is 5.82 Å². The standard InChI is InChI=1S/C11H13FN2O/c12-9-2-1-3-10(4-9)14-5-8-7-15-13-11(8)6-14/h1-4,8,11,13H,5-7H2/t8-,11+/m1/s1. The third-order valence-corrected chi connectivity index (χ3v) is 3.15. The monoisotopic (exact) mass is 208 g/mol. The van der Waals surface area contributed by atoms with E-state index in [0.717, 1.165) is 25.4 Å². The lowest BCUT2D eigenvalue weighted by atomic mass is 10.1. The maximum Gasteiger partial charge on any atom is 0.125 e. The van der Waals surface area contributed by atoms with Gasteiger partial charge in [-0.3, -0.25) is 0 Å². The lowest BCUT2D eigenvalue weighted by molar-refractivity contribution is 0.0846. The summed E-state index contributed by atoms with van der Waals surface area (Å²) >= 11 is 0. The summed E-state index contributed by atoms with van der Waals surface area (Å²) in [6, 6.07) is 7.16. The molecule has 0 saturated carbocycles. The molecule has 2 aliphatic heterocycles. The van der Waals surface area contributed by atoms with E-state index < -0.39 is 0 Å². The zero-order valence-electron chi connectivity index (χ0n) is 8.32. The second-order valence-corrected chi connectivity index (χ2v) is 4.18. The fraction of sp³-hybridized carbons (Fsp3) is 0.455. The Balaban J connectivity index is 1.79. The Hall–Kier alpha value is -1.13. The number of hydroxylamine groups is 1. The molecular weight excluding hydrogens is 195 g/mol. The first-order chi connectivity index (χ1) is 7.33. The van der Waals surface area contributed by atoms with Gasteiger partial charge in [0.1, 0.15) is 5.82 Å². The lowest BCUT2D eigenvalue weighted by Gasteiger charge is -2.19. The van der Waals surface area contributed by atoms with Gasteiger partial charge in [-0.2, -0.15) is 5.48 Å². The van der Waals surface area contributed by atoms with Crippen LogP contribution in [-0.4, -0.2) is 25.7 Å². The minimum Gasteiger partial charge on any atom is -0.369 e. The van der Waals surface area contributed by atoms with E-state index in [4.69, 9.17) is 4.84 Å². The lowest BCUT2D eigenvalue weighted by Crippen LogP contribution is -2.29. The highest BCUT2D eigenvalue weighted by atomic mass is 19.1. The first kappa shape index (κ1) is 9.12. The van der Waals surface area contributed by atoms with Gasteiger partial charge in [-0.05, 0) is 18.2 Å². The number of nitrogens with one attached hydrogen (secondary N) is 1. The van der Waals surface area contributed by atoms with Gasteiger partial charge in [-0.25, -0.2) is 4.39 Å². The smallest absolute Gasteiger partial charge is 0.125 e. The van der Waals surface area contributed by atoms with Crippen LogP contribution >= 0.6 is 0 Å². The number of nitrogens with zero attached hydrogens (tertiary/aromatic N) is 1. The minimum atomic E-state index is -0.172. The van der Waals surface area contributed by atoms with Crippen molar-refractivity contribution in [3.63, 3.8) is 0 Å². The summed E-state index contributed by atoms with van der Waals surface area (Å²) in [4.78, 5) is 7.37. The fourth-order valence-corrected chi connectivity index (χ4v) is 2.32. The molecule has 0 aromatic heterocycles. The van der Waals surface area contributed by atoms with E-state index in [1.165, 1.54) is 6.07 Å². The highest BCUT2D eigenvalue weighted by molar-refractivity contribution is 5.48. The van der Waals surface area contributed by atoms with Crippen molar-refractivity contribution in [3.05, 3.63) is 30.1 Å². The maximum atomic E-state index is 13.0. The number of halogens is 1. The van der Waals surface area contributed by atoms with Crippen LogP contribution in [0.2, 0.25) is 0 Å². The molecule has 4 heteroatoms. The Kier molecular flexibility index (Phi) is 2.11. The van der Waals surface area contributed by atoms with Crippen molar-refractivity contribution in [2.45, 2.75) is 6.04 Å². The molecule has 80 valence electrons. The summed E-state index contributed by atoms with van der Waals surface area (Å²) in [5.74, 6) is 0.363. The summed E-state index contributed by atoms with van der Waals surface area (Å²) in [5.41, 5.74) is 3.96. The Morgan fingerprint density at radius 3 is 3.13 bits per heavy atom. The van der Waals surface area contributed by atoms with Gasteiger partial charge in [0, 0.05) is 24.7 Å². The average molecular weight is 208 g/mol. The Labute approximate surface area is 87.8 Å². The van der Waals surface area contributed by atoms with Gasteiger partial charge in [0.2, 0.25) is 0 Å². The molecule has 1 N–H and O–H groups in total. The highest BCUT2D eigenvalue weighted by Crippen LogP contribution is 2.27. The fourth-order valence-electron chi connectivity index (χ4n) is 2.32. The summed E-state index contributed by atoms with van der Waals surface area (Å²) in [6.07, 6.45) is 0. The first-order valence-electron chi connectivity index (χ1n) is 5.21. The minimum absolute atomic E-state index is 0.172. The molecule has 1 aromatic rings. The van der Waals surface area contributed by atoms with Crippen molar-refractivity contribution in [2.24, 2.45) is 5.92 Å². The van der Waals surface area contributed by atoms with Crippen LogP contribution in [-0.2, 0) is 4.84 Å². The largest absolute Gasteiger partial charge is 0.369 e. The molecule has 0 bridgehead atoms. The van der Waals surface area contributed by atoms with Gasteiger partial charge < -0.3 is 9.74 Å². The van der Waals surface area contributed by atoms with E-state index in [1.54, 1.807) is 12.1 Å². The third kappa shape index (κ3) is 1.60. The molecule has 0 aliphatic carbocycles. The third-order valence-electron chi connectivity index (χ3n) is 3.15. The van der Waals surface area contributed by atoms with E-state index in [2.05, 4.69) is 10.4 Å². The van der Waals surface area contributed by atoms with Crippen LogP contribution in [0, 0.1) is 11.7 Å². The molecule has 0 radical (unpaired) electrons. The van der Waals surface area contributed by atoms with Crippen LogP contribution in [0.3, 0.4) is 0 Å². The van der Waals surface area contributed by atoms with Gasteiger partial charge >= 0.3 is 0 Å². The number of fused-ring (bicyclic) bond motifs is 1. The molecule has 2 fully saturated rings. The van der Waals surface area contributed by atoms with Gasteiger partial charge in [-0.1, -0.05) is 6.07 Å². The van der Waals surface area contributed by atoms with Gasteiger partial charge in [0.05, 0.1) is 12.6 Å². The quantitative estimate of drug-likeness (QED) is 0.749. The average Bonchev–Trinajstić information content (AvgIpc) is 2.76. The molecule has 2 atom stereocenters. The van der Waals surface area contributed by atoms with Crippen LogP contribution in [0.1, 0.15) is 0 Å². The Bertz CT molecular complexity index is 359. The SMILES string of the molecule is Fc1cccc(N2C[C@@H]3CON[C@H]3C2)c1. The molecule has 0 unspecified atom stereocenters. The van der Waals surface area contributed by atoms with Gasteiger partial charge in [0.25, 0.3) is 0 Å². The van der Waals surface area contributed by atoms with E-state index >= 15 is 0 Å². The van der Waals surface area contributed by atoms with Crippen molar-refractivity contribution in [1.29, 1.82) is 0 Å². The predicted molar refractivity (Wildman–Crippen MR) is 55.0 cm³/mol. The molecule has 2 heterocycles. The topological polar surface area (TPSA) is 24.5 Å². The van der Waals surface area contributed by atoms with Crippen LogP contribution in [0.15, 0.2) is 24.3 Å². The number of rotatable bonds is 1. The summed E-state index contributed by atoms with van der Waals surface area (Å²) in [6.45, 7) is 2.60. The van der Waals surface area contributed by atoms with Crippen molar-refractivity contribution in [2.75, 3.05) is 24.6 Å². The zero-order valence-corrected chi connectivity index (χ0v) is 8.32. The van der Waals surface area contributed by atoms with E-state index in [0.29, 0.717) is 12.0 Å².